The van der Waals surface area contributed by atoms with Crippen LogP contribution in [0.2, 0.25) is 0 Å². The quantitative estimate of drug-likeness (QED) is 0.822. The molecular weight excluding hydrogens is 281 g/mol. The summed E-state index contributed by atoms with van der Waals surface area (Å²) in [7, 11) is -1.84. The number of nitrogens with two attached hydrogens (primary N) is 1. The number of benzene rings is 1. The highest BCUT2D eigenvalue weighted by atomic mass is 32.2. The van der Waals surface area contributed by atoms with Crippen molar-refractivity contribution in [2.45, 2.75) is 36.7 Å². The zero-order valence-electron chi connectivity index (χ0n) is 11.6. The van der Waals surface area contributed by atoms with Gasteiger partial charge in [0.15, 0.2) is 0 Å². The molecule has 5 nitrogen and oxygen atoms in total. The van der Waals surface area contributed by atoms with Crippen molar-refractivity contribution in [2.75, 3.05) is 19.3 Å². The van der Waals surface area contributed by atoms with E-state index in [0.29, 0.717) is 12.5 Å². The van der Waals surface area contributed by atoms with Crippen LogP contribution < -0.4 is 10.5 Å². The van der Waals surface area contributed by atoms with Gasteiger partial charge in [0.25, 0.3) is 0 Å². The van der Waals surface area contributed by atoms with Gasteiger partial charge < -0.3 is 10.6 Å². The van der Waals surface area contributed by atoms with Crippen LogP contribution in [0.5, 0.6) is 0 Å². The Hall–Kier alpha value is -1.18. The van der Waals surface area contributed by atoms with Crippen LogP contribution in [-0.2, 0) is 10.0 Å². The lowest BCUT2D eigenvalue weighted by Crippen LogP contribution is -2.47. The fourth-order valence-corrected chi connectivity index (χ4v) is 3.76. The molecule has 0 spiro atoms. The summed E-state index contributed by atoms with van der Waals surface area (Å²) in [5.41, 5.74) is 5.63. The van der Waals surface area contributed by atoms with Crippen LogP contribution in [0.4, 0.5) is 10.1 Å². The lowest BCUT2D eigenvalue weighted by atomic mass is 10.0. The molecule has 1 fully saturated rings. The van der Waals surface area contributed by atoms with Crippen molar-refractivity contribution in [1.29, 1.82) is 0 Å². The number of nitrogens with one attached hydrogen (secondary N) is 1. The molecule has 2 rings (SSSR count). The molecule has 3 N–H and O–H groups in total. The van der Waals surface area contributed by atoms with E-state index in [1.807, 2.05) is 14.0 Å². The molecule has 2 unspecified atom stereocenters. The van der Waals surface area contributed by atoms with Crippen molar-refractivity contribution >= 4 is 15.7 Å². The van der Waals surface area contributed by atoms with Crippen molar-refractivity contribution in [3.63, 3.8) is 0 Å². The van der Waals surface area contributed by atoms with Gasteiger partial charge in [0, 0.05) is 17.8 Å². The third-order valence-corrected chi connectivity index (χ3v) is 5.33. The number of anilines is 1. The predicted octanol–water partition coefficient (Wildman–Crippen LogP) is 1.17. The van der Waals surface area contributed by atoms with Crippen LogP contribution >= 0.6 is 0 Å². The summed E-state index contributed by atoms with van der Waals surface area (Å²) in [4.78, 5) is 1.83. The number of rotatable bonds is 3. The first kappa shape index (κ1) is 15.2. The highest BCUT2D eigenvalue weighted by Gasteiger charge is 2.28. The van der Waals surface area contributed by atoms with E-state index >= 15 is 0 Å². The number of hydrogen-bond donors (Lipinski definition) is 2. The predicted molar refractivity (Wildman–Crippen MR) is 76.2 cm³/mol. The van der Waals surface area contributed by atoms with Crippen LogP contribution in [0.25, 0.3) is 0 Å². The van der Waals surface area contributed by atoms with Crippen LogP contribution in [0.3, 0.4) is 0 Å². The Labute approximate surface area is 119 Å². The lowest BCUT2D eigenvalue weighted by molar-refractivity contribution is 0.178. The monoisotopic (exact) mass is 301 g/mol. The van der Waals surface area contributed by atoms with E-state index in [-0.39, 0.29) is 16.6 Å². The average molecular weight is 301 g/mol. The van der Waals surface area contributed by atoms with Crippen LogP contribution in [0, 0.1) is 5.82 Å². The van der Waals surface area contributed by atoms with Gasteiger partial charge in [-0.1, -0.05) is 0 Å². The summed E-state index contributed by atoms with van der Waals surface area (Å²) in [5, 5.41) is 0. The third kappa shape index (κ3) is 3.28. The first-order chi connectivity index (χ1) is 9.29. The fourth-order valence-electron chi connectivity index (χ4n) is 2.41. The maximum Gasteiger partial charge on any atom is 0.243 e. The van der Waals surface area contributed by atoms with Gasteiger partial charge in [0.05, 0.1) is 0 Å². The Morgan fingerprint density at radius 2 is 2.15 bits per heavy atom. The highest BCUT2D eigenvalue weighted by molar-refractivity contribution is 7.89. The lowest BCUT2D eigenvalue weighted by Gasteiger charge is -2.35. The van der Waals surface area contributed by atoms with E-state index in [9.17, 15) is 12.8 Å². The third-order valence-electron chi connectivity index (χ3n) is 3.78. The second-order valence-corrected chi connectivity index (χ2v) is 7.04. The summed E-state index contributed by atoms with van der Waals surface area (Å²) in [6.45, 7) is 2.86. The number of piperidine rings is 1. The van der Waals surface area contributed by atoms with Gasteiger partial charge in [-0.2, -0.15) is 0 Å². The molecule has 0 aromatic heterocycles. The minimum absolute atomic E-state index is 0.164. The first-order valence-electron chi connectivity index (χ1n) is 6.57. The molecule has 1 aromatic rings. The van der Waals surface area contributed by atoms with Crippen molar-refractivity contribution < 1.29 is 12.8 Å². The van der Waals surface area contributed by atoms with E-state index in [0.717, 1.165) is 19.0 Å². The largest absolute Gasteiger partial charge is 0.399 e. The van der Waals surface area contributed by atoms with Gasteiger partial charge in [-0.3, -0.25) is 0 Å². The Morgan fingerprint density at radius 1 is 1.45 bits per heavy atom. The smallest absolute Gasteiger partial charge is 0.243 e. The van der Waals surface area contributed by atoms with E-state index in [1.54, 1.807) is 0 Å². The standard InChI is InChI=1S/C13H20FN3O2S/c1-9-7-11(5-6-17(9)2)16-20(18,19)13-4-3-10(15)8-12(13)14/h3-4,8-9,11,16H,5-7,15H2,1-2H3. The number of likely N-dealkylation sites (tertiary alicyclic amines) is 1. The molecule has 0 radical (unpaired) electrons. The molecule has 0 aliphatic carbocycles. The summed E-state index contributed by atoms with van der Waals surface area (Å²) >= 11 is 0. The van der Waals surface area contributed by atoms with Crippen molar-refractivity contribution in [3.05, 3.63) is 24.0 Å². The number of halogens is 1. The zero-order chi connectivity index (χ0) is 14.9. The number of sulfonamides is 1. The van der Waals surface area contributed by atoms with Gasteiger partial charge >= 0.3 is 0 Å². The molecule has 0 saturated carbocycles. The Bertz CT molecular complexity index is 591. The van der Waals surface area contributed by atoms with Crippen LogP contribution in [0.1, 0.15) is 19.8 Å². The molecule has 0 bridgehead atoms. The van der Waals surface area contributed by atoms with E-state index in [1.165, 1.54) is 12.1 Å². The van der Waals surface area contributed by atoms with Gasteiger partial charge in [-0.25, -0.2) is 17.5 Å². The van der Waals surface area contributed by atoms with Gasteiger partial charge in [0.2, 0.25) is 10.0 Å². The highest BCUT2D eigenvalue weighted by Crippen LogP contribution is 2.21. The maximum absolute atomic E-state index is 13.7. The van der Waals surface area contributed by atoms with Crippen molar-refractivity contribution in [2.24, 2.45) is 0 Å². The molecule has 1 saturated heterocycles. The molecule has 112 valence electrons. The molecule has 1 aliphatic heterocycles. The Morgan fingerprint density at radius 3 is 2.75 bits per heavy atom. The minimum Gasteiger partial charge on any atom is -0.399 e. The summed E-state index contributed by atoms with van der Waals surface area (Å²) in [6.07, 6.45) is 1.43. The summed E-state index contributed by atoms with van der Waals surface area (Å²) in [5.74, 6) is -0.821. The number of hydrogen-bond acceptors (Lipinski definition) is 4. The molecule has 0 amide bonds. The number of nitrogen functional groups attached to an aromatic ring is 1. The van der Waals surface area contributed by atoms with Crippen molar-refractivity contribution in [1.82, 2.24) is 9.62 Å². The average Bonchev–Trinajstić information content (AvgIpc) is 2.33. The SMILES string of the molecule is CC1CC(NS(=O)(=O)c2ccc(N)cc2F)CCN1C. The molecule has 1 aliphatic rings. The van der Waals surface area contributed by atoms with Crippen molar-refractivity contribution in [3.8, 4) is 0 Å². The Balaban J connectivity index is 2.15. The second kappa shape index (κ2) is 5.67. The van der Waals surface area contributed by atoms with Crippen LogP contribution in [-0.4, -0.2) is 39.0 Å². The fraction of sp³-hybridized carbons (Fsp3) is 0.538. The minimum atomic E-state index is -3.85. The molecular formula is C13H20FN3O2S. The molecule has 2 atom stereocenters. The van der Waals surface area contributed by atoms with Crippen LogP contribution in [0.15, 0.2) is 23.1 Å². The van der Waals surface area contributed by atoms with E-state index < -0.39 is 15.8 Å². The Kier molecular flexibility index (Phi) is 4.31. The van der Waals surface area contributed by atoms with E-state index in [2.05, 4.69) is 9.62 Å². The van der Waals surface area contributed by atoms with Gasteiger partial charge in [-0.15, -0.1) is 0 Å². The van der Waals surface area contributed by atoms with Gasteiger partial charge in [-0.05, 0) is 51.6 Å². The maximum atomic E-state index is 13.7. The normalized spacial score (nSPS) is 24.8. The first-order valence-corrected chi connectivity index (χ1v) is 8.05. The molecule has 20 heavy (non-hydrogen) atoms. The molecule has 1 aromatic carbocycles. The number of nitrogens with zero attached hydrogens (tertiary/aromatic N) is 1. The second-order valence-electron chi connectivity index (χ2n) is 5.36. The summed E-state index contributed by atoms with van der Waals surface area (Å²) in [6, 6.07) is 3.74. The van der Waals surface area contributed by atoms with E-state index in [4.69, 9.17) is 5.73 Å². The molecule has 1 heterocycles. The van der Waals surface area contributed by atoms with Gasteiger partial charge in [0.1, 0.15) is 10.7 Å². The topological polar surface area (TPSA) is 75.4 Å². The summed E-state index contributed by atoms with van der Waals surface area (Å²) < 4.78 is 40.7. The molecule has 7 heteroatoms. The zero-order valence-corrected chi connectivity index (χ0v) is 12.5.